The molecule has 0 atom stereocenters. The van der Waals surface area contributed by atoms with Crippen molar-refractivity contribution in [2.75, 3.05) is 13.2 Å². The quantitative estimate of drug-likeness (QED) is 0.418. The minimum Gasteiger partial charge on any atom is -0.479 e. The third-order valence-corrected chi connectivity index (χ3v) is 4.59. The molecule has 1 fully saturated rings. The van der Waals surface area contributed by atoms with Gasteiger partial charge in [-0.1, -0.05) is 36.0 Å². The van der Waals surface area contributed by atoms with Gasteiger partial charge in [-0.2, -0.15) is 5.26 Å². The van der Waals surface area contributed by atoms with Crippen LogP contribution in [-0.4, -0.2) is 31.1 Å². The molecule has 2 rings (SSSR count). The van der Waals surface area contributed by atoms with Crippen LogP contribution >= 0.6 is 23.2 Å². The SMILES string of the molecule is CCOC(=O)COc1c(Cl)cc(/C=C(/C#N)C(=O)NC2CCCC2)cc1Cl. The van der Waals surface area contributed by atoms with Gasteiger partial charge in [-0.15, -0.1) is 0 Å². The van der Waals surface area contributed by atoms with E-state index >= 15 is 0 Å². The summed E-state index contributed by atoms with van der Waals surface area (Å²) in [7, 11) is 0. The van der Waals surface area contributed by atoms with E-state index in [-0.39, 0.29) is 40.6 Å². The van der Waals surface area contributed by atoms with Gasteiger partial charge in [-0.25, -0.2) is 4.79 Å². The fourth-order valence-electron chi connectivity index (χ4n) is 2.78. The molecule has 27 heavy (non-hydrogen) atoms. The van der Waals surface area contributed by atoms with Gasteiger partial charge >= 0.3 is 5.97 Å². The molecule has 1 saturated carbocycles. The van der Waals surface area contributed by atoms with Crippen molar-refractivity contribution < 1.29 is 19.1 Å². The second-order valence-electron chi connectivity index (χ2n) is 6.03. The van der Waals surface area contributed by atoms with Gasteiger partial charge in [0.05, 0.1) is 16.7 Å². The number of hydrogen-bond donors (Lipinski definition) is 1. The first-order valence-corrected chi connectivity index (χ1v) is 9.40. The molecular formula is C19H20Cl2N2O4. The van der Waals surface area contributed by atoms with Gasteiger partial charge in [0.2, 0.25) is 0 Å². The number of ether oxygens (including phenoxy) is 2. The fraction of sp³-hybridized carbons (Fsp3) is 0.421. The van der Waals surface area contributed by atoms with Crippen molar-refractivity contribution >= 4 is 41.2 Å². The molecule has 1 aliphatic rings. The van der Waals surface area contributed by atoms with Crippen molar-refractivity contribution in [1.29, 1.82) is 5.26 Å². The van der Waals surface area contributed by atoms with Crippen LogP contribution in [0.2, 0.25) is 10.0 Å². The van der Waals surface area contributed by atoms with E-state index in [1.807, 2.05) is 6.07 Å². The van der Waals surface area contributed by atoms with Crippen molar-refractivity contribution in [2.45, 2.75) is 38.6 Å². The molecule has 1 aliphatic carbocycles. The maximum atomic E-state index is 12.3. The molecule has 6 nitrogen and oxygen atoms in total. The van der Waals surface area contributed by atoms with Crippen molar-refractivity contribution in [3.63, 3.8) is 0 Å². The molecular weight excluding hydrogens is 391 g/mol. The summed E-state index contributed by atoms with van der Waals surface area (Å²) >= 11 is 12.3. The highest BCUT2D eigenvalue weighted by Gasteiger charge is 2.19. The maximum Gasteiger partial charge on any atom is 0.344 e. The molecule has 144 valence electrons. The lowest BCUT2D eigenvalue weighted by Crippen LogP contribution is -2.33. The molecule has 0 saturated heterocycles. The molecule has 0 aromatic heterocycles. The van der Waals surface area contributed by atoms with E-state index in [4.69, 9.17) is 32.7 Å². The van der Waals surface area contributed by atoms with Crippen LogP contribution in [0, 0.1) is 11.3 Å². The zero-order valence-corrected chi connectivity index (χ0v) is 16.4. The van der Waals surface area contributed by atoms with Crippen LogP contribution in [0.4, 0.5) is 0 Å². The Bertz CT molecular complexity index is 757. The normalized spacial score (nSPS) is 14.5. The summed E-state index contributed by atoms with van der Waals surface area (Å²) in [5.74, 6) is -0.819. The summed E-state index contributed by atoms with van der Waals surface area (Å²) in [6, 6.07) is 5.03. The Hall–Kier alpha value is -2.23. The second-order valence-corrected chi connectivity index (χ2v) is 6.85. The van der Waals surface area contributed by atoms with Gasteiger partial charge in [0.1, 0.15) is 11.6 Å². The van der Waals surface area contributed by atoms with E-state index in [9.17, 15) is 14.9 Å². The minimum absolute atomic E-state index is 0.0331. The number of amides is 1. The highest BCUT2D eigenvalue weighted by atomic mass is 35.5. The van der Waals surface area contributed by atoms with Crippen LogP contribution in [-0.2, 0) is 14.3 Å². The number of halogens is 2. The fourth-order valence-corrected chi connectivity index (χ4v) is 3.40. The average Bonchev–Trinajstić information content (AvgIpc) is 3.12. The molecule has 0 spiro atoms. The highest BCUT2D eigenvalue weighted by molar-refractivity contribution is 6.37. The molecule has 8 heteroatoms. The molecule has 0 aliphatic heterocycles. The molecule has 0 heterocycles. The number of carbonyl (C=O) groups excluding carboxylic acids is 2. The van der Waals surface area contributed by atoms with Crippen LogP contribution < -0.4 is 10.1 Å². The zero-order chi connectivity index (χ0) is 19.8. The lowest BCUT2D eigenvalue weighted by molar-refractivity contribution is -0.145. The minimum atomic E-state index is -0.538. The summed E-state index contributed by atoms with van der Waals surface area (Å²) < 4.78 is 10.1. The number of carbonyl (C=O) groups is 2. The lowest BCUT2D eigenvalue weighted by atomic mass is 10.1. The molecule has 1 amide bonds. The Morgan fingerprint density at radius 1 is 1.30 bits per heavy atom. The smallest absolute Gasteiger partial charge is 0.344 e. The highest BCUT2D eigenvalue weighted by Crippen LogP contribution is 2.35. The van der Waals surface area contributed by atoms with Gasteiger partial charge in [-0.05, 0) is 43.5 Å². The Morgan fingerprint density at radius 3 is 2.48 bits per heavy atom. The topological polar surface area (TPSA) is 88.4 Å². The number of rotatable bonds is 7. The predicted molar refractivity (Wildman–Crippen MR) is 103 cm³/mol. The molecule has 1 aromatic rings. The summed E-state index contributed by atoms with van der Waals surface area (Å²) in [6.07, 6.45) is 5.42. The number of hydrogen-bond acceptors (Lipinski definition) is 5. The predicted octanol–water partition coefficient (Wildman–Crippen LogP) is 3.90. The number of esters is 1. The number of nitrogens with zero attached hydrogens (tertiary/aromatic N) is 1. The Labute approximate surface area is 168 Å². The summed E-state index contributed by atoms with van der Waals surface area (Å²) in [5.41, 5.74) is 0.445. The molecule has 1 aromatic carbocycles. The van der Waals surface area contributed by atoms with E-state index in [0.717, 1.165) is 25.7 Å². The van der Waals surface area contributed by atoms with Gasteiger partial charge in [0.15, 0.2) is 12.4 Å². The first kappa shape index (κ1) is 21.1. The summed E-state index contributed by atoms with van der Waals surface area (Å²) in [5, 5.41) is 12.5. The maximum absolute atomic E-state index is 12.3. The number of nitrogens with one attached hydrogen (secondary N) is 1. The second kappa shape index (κ2) is 10.2. The monoisotopic (exact) mass is 410 g/mol. The van der Waals surface area contributed by atoms with Crippen LogP contribution in [0.15, 0.2) is 17.7 Å². The Morgan fingerprint density at radius 2 is 1.93 bits per heavy atom. The third-order valence-electron chi connectivity index (χ3n) is 4.03. The van der Waals surface area contributed by atoms with Gasteiger partial charge in [0.25, 0.3) is 5.91 Å². The van der Waals surface area contributed by atoms with Crippen molar-refractivity contribution in [3.05, 3.63) is 33.3 Å². The number of nitriles is 1. The van der Waals surface area contributed by atoms with Crippen LogP contribution in [0.1, 0.15) is 38.2 Å². The van der Waals surface area contributed by atoms with E-state index < -0.39 is 11.9 Å². The lowest BCUT2D eigenvalue weighted by Gasteiger charge is -2.12. The zero-order valence-electron chi connectivity index (χ0n) is 14.9. The standard InChI is InChI=1S/C19H20Cl2N2O4/c1-2-26-17(24)11-27-18-15(20)8-12(9-16(18)21)7-13(10-22)19(25)23-14-5-3-4-6-14/h7-9,14H,2-6,11H2,1H3,(H,23,25)/b13-7-. The van der Waals surface area contributed by atoms with E-state index in [1.54, 1.807) is 6.92 Å². The van der Waals surface area contributed by atoms with Crippen molar-refractivity contribution in [3.8, 4) is 11.8 Å². The largest absolute Gasteiger partial charge is 0.479 e. The van der Waals surface area contributed by atoms with Crippen LogP contribution in [0.5, 0.6) is 5.75 Å². The first-order valence-electron chi connectivity index (χ1n) is 8.64. The van der Waals surface area contributed by atoms with Crippen LogP contribution in [0.3, 0.4) is 0 Å². The van der Waals surface area contributed by atoms with Crippen molar-refractivity contribution in [2.24, 2.45) is 0 Å². The van der Waals surface area contributed by atoms with Gasteiger partial charge in [-0.3, -0.25) is 4.79 Å². The first-order chi connectivity index (χ1) is 12.9. The summed E-state index contributed by atoms with van der Waals surface area (Å²) in [4.78, 5) is 23.7. The van der Waals surface area contributed by atoms with Crippen molar-refractivity contribution in [1.82, 2.24) is 5.32 Å². The average molecular weight is 411 g/mol. The molecule has 1 N–H and O–H groups in total. The van der Waals surface area contributed by atoms with Crippen LogP contribution in [0.25, 0.3) is 6.08 Å². The molecule has 0 unspecified atom stereocenters. The Kier molecular flexibility index (Phi) is 7.96. The van der Waals surface area contributed by atoms with E-state index in [2.05, 4.69) is 5.32 Å². The summed E-state index contributed by atoms with van der Waals surface area (Å²) in [6.45, 7) is 1.61. The molecule has 0 bridgehead atoms. The van der Waals surface area contributed by atoms with E-state index in [1.165, 1.54) is 18.2 Å². The molecule has 0 radical (unpaired) electrons. The van der Waals surface area contributed by atoms with Gasteiger partial charge < -0.3 is 14.8 Å². The number of benzene rings is 1. The van der Waals surface area contributed by atoms with Gasteiger partial charge in [0, 0.05) is 6.04 Å². The van der Waals surface area contributed by atoms with E-state index in [0.29, 0.717) is 5.56 Å². The Balaban J connectivity index is 2.12. The third kappa shape index (κ3) is 6.16.